The molecule has 1 aliphatic carbocycles. The van der Waals surface area contributed by atoms with Crippen molar-refractivity contribution in [3.05, 3.63) is 59.8 Å². The van der Waals surface area contributed by atoms with Gasteiger partial charge in [-0.3, -0.25) is 4.57 Å². The lowest BCUT2D eigenvalue weighted by atomic mass is 10.2. The molecule has 0 amide bonds. The Kier molecular flexibility index (Phi) is 5.29. The molecule has 2 heterocycles. The van der Waals surface area contributed by atoms with Gasteiger partial charge in [0.2, 0.25) is 0 Å². The number of thioether (sulfide) groups is 1. The number of aryl methyl sites for hydroxylation is 1. The molecule has 0 unspecified atom stereocenters. The second kappa shape index (κ2) is 7.99. The van der Waals surface area contributed by atoms with Gasteiger partial charge in [-0.2, -0.15) is 0 Å². The molecule has 0 aliphatic heterocycles. The van der Waals surface area contributed by atoms with Crippen molar-refractivity contribution in [3.8, 4) is 5.75 Å². The summed E-state index contributed by atoms with van der Waals surface area (Å²) < 4.78 is 13.6. The fraction of sp³-hybridized carbons (Fsp3) is 0.400. The zero-order valence-electron chi connectivity index (χ0n) is 14.9. The lowest BCUT2D eigenvalue weighted by Crippen LogP contribution is -2.07. The van der Waals surface area contributed by atoms with Crippen LogP contribution in [-0.2, 0) is 13.0 Å². The normalized spacial score (nSPS) is 13.9. The number of benzene rings is 1. The average Bonchev–Trinajstić information content (AvgIpc) is 3.24. The number of nitrogens with zero attached hydrogens (tertiary/aromatic N) is 3. The predicted molar refractivity (Wildman–Crippen MR) is 102 cm³/mol. The van der Waals surface area contributed by atoms with E-state index >= 15 is 0 Å². The van der Waals surface area contributed by atoms with Crippen LogP contribution in [-0.4, -0.2) is 27.1 Å². The third-order valence-electron chi connectivity index (χ3n) is 4.47. The zero-order valence-corrected chi connectivity index (χ0v) is 15.7. The number of furan rings is 1. The highest BCUT2D eigenvalue weighted by molar-refractivity contribution is 7.99. The number of ether oxygens (including phenoxy) is 1. The molecule has 0 radical (unpaired) electrons. The summed E-state index contributed by atoms with van der Waals surface area (Å²) in [4.78, 5) is 0. The van der Waals surface area contributed by atoms with Gasteiger partial charge in [0.05, 0.1) is 19.4 Å². The van der Waals surface area contributed by atoms with E-state index < -0.39 is 0 Å². The minimum absolute atomic E-state index is 0.555. The van der Waals surface area contributed by atoms with Crippen molar-refractivity contribution in [3.63, 3.8) is 0 Å². The molecule has 0 atom stereocenters. The summed E-state index contributed by atoms with van der Waals surface area (Å²) in [6.45, 7) is 3.48. The Morgan fingerprint density at radius 1 is 1.23 bits per heavy atom. The molecule has 5 nitrogen and oxygen atoms in total. The highest BCUT2D eigenvalue weighted by Gasteiger charge is 2.30. The molecule has 2 aromatic heterocycles. The summed E-state index contributed by atoms with van der Waals surface area (Å²) >= 11 is 1.69. The van der Waals surface area contributed by atoms with Gasteiger partial charge < -0.3 is 9.15 Å². The fourth-order valence-electron chi connectivity index (χ4n) is 2.90. The lowest BCUT2D eigenvalue weighted by Gasteiger charge is -2.09. The minimum atomic E-state index is 0.555. The predicted octanol–water partition coefficient (Wildman–Crippen LogP) is 4.53. The average molecular weight is 369 g/mol. The van der Waals surface area contributed by atoms with Gasteiger partial charge in [0.1, 0.15) is 17.3 Å². The minimum Gasteiger partial charge on any atom is -0.493 e. The number of hydrogen-bond donors (Lipinski definition) is 0. The summed E-state index contributed by atoms with van der Waals surface area (Å²) in [6, 6.07) is 12.2. The molecule has 1 fully saturated rings. The van der Waals surface area contributed by atoms with E-state index in [4.69, 9.17) is 9.15 Å². The van der Waals surface area contributed by atoms with Gasteiger partial charge in [0.25, 0.3) is 0 Å². The molecular formula is C20H23N3O2S. The van der Waals surface area contributed by atoms with Crippen LogP contribution in [0.4, 0.5) is 0 Å². The maximum absolute atomic E-state index is 5.89. The van der Waals surface area contributed by atoms with Crippen LogP contribution in [0.1, 0.15) is 42.8 Å². The van der Waals surface area contributed by atoms with Gasteiger partial charge in [-0.15, -0.1) is 10.2 Å². The SMILES string of the molecule is CCc1cccc(OCCSc2nnc(C3CC3)n2Cc2ccco2)c1. The van der Waals surface area contributed by atoms with Gasteiger partial charge in [-0.05, 0) is 49.1 Å². The summed E-state index contributed by atoms with van der Waals surface area (Å²) in [5, 5.41) is 9.78. The van der Waals surface area contributed by atoms with Crippen LogP contribution in [0.25, 0.3) is 0 Å². The van der Waals surface area contributed by atoms with Gasteiger partial charge in [-0.1, -0.05) is 30.8 Å². The van der Waals surface area contributed by atoms with Crippen LogP contribution in [0.2, 0.25) is 0 Å². The standard InChI is InChI=1S/C20H23N3O2S/c1-2-15-5-3-6-17(13-15)25-11-12-26-20-22-21-19(16-8-9-16)23(20)14-18-7-4-10-24-18/h3-7,10,13,16H,2,8-9,11-12,14H2,1H3. The monoisotopic (exact) mass is 369 g/mol. The van der Waals surface area contributed by atoms with E-state index in [1.54, 1.807) is 18.0 Å². The van der Waals surface area contributed by atoms with Crippen LogP contribution >= 0.6 is 11.8 Å². The summed E-state index contributed by atoms with van der Waals surface area (Å²) in [7, 11) is 0. The molecule has 1 saturated carbocycles. The largest absolute Gasteiger partial charge is 0.493 e. The molecule has 0 bridgehead atoms. The Hall–Kier alpha value is -2.21. The molecule has 26 heavy (non-hydrogen) atoms. The van der Waals surface area contributed by atoms with Gasteiger partial charge in [-0.25, -0.2) is 0 Å². The Morgan fingerprint density at radius 3 is 2.92 bits per heavy atom. The summed E-state index contributed by atoms with van der Waals surface area (Å²) in [5.74, 6) is 4.33. The number of aromatic nitrogens is 3. The lowest BCUT2D eigenvalue weighted by molar-refractivity contribution is 0.343. The first-order valence-corrected chi connectivity index (χ1v) is 10.1. The molecule has 4 rings (SSSR count). The Labute approximate surface area is 157 Å². The van der Waals surface area contributed by atoms with Crippen LogP contribution in [0.5, 0.6) is 5.75 Å². The first kappa shape index (κ1) is 17.2. The Morgan fingerprint density at radius 2 is 2.15 bits per heavy atom. The van der Waals surface area contributed by atoms with Crippen LogP contribution in [0.3, 0.4) is 0 Å². The fourth-order valence-corrected chi connectivity index (χ4v) is 3.67. The van der Waals surface area contributed by atoms with Crippen LogP contribution < -0.4 is 4.74 Å². The molecule has 0 spiro atoms. The van der Waals surface area contributed by atoms with Gasteiger partial charge in [0, 0.05) is 11.7 Å². The Bertz CT molecular complexity index is 841. The summed E-state index contributed by atoms with van der Waals surface area (Å²) in [6.07, 6.45) is 5.14. The van der Waals surface area contributed by atoms with Gasteiger partial charge in [0.15, 0.2) is 5.16 Å². The first-order chi connectivity index (χ1) is 12.8. The maximum atomic E-state index is 5.89. The molecule has 3 aromatic rings. The van der Waals surface area contributed by atoms with E-state index in [1.165, 1.54) is 18.4 Å². The van der Waals surface area contributed by atoms with E-state index in [1.807, 2.05) is 24.3 Å². The highest BCUT2D eigenvalue weighted by atomic mass is 32.2. The number of hydrogen-bond acceptors (Lipinski definition) is 5. The van der Waals surface area contributed by atoms with Gasteiger partial charge >= 0.3 is 0 Å². The second-order valence-corrected chi connectivity index (χ2v) is 7.54. The van der Waals surface area contributed by atoms with E-state index in [0.717, 1.165) is 34.7 Å². The van der Waals surface area contributed by atoms with Crippen molar-refractivity contribution in [1.29, 1.82) is 0 Å². The molecule has 0 saturated heterocycles. The van der Waals surface area contributed by atoms with Crippen LogP contribution in [0, 0.1) is 0 Å². The van der Waals surface area contributed by atoms with Crippen molar-refractivity contribution in [2.45, 2.75) is 43.8 Å². The topological polar surface area (TPSA) is 53.1 Å². The molecule has 1 aliphatic rings. The third kappa shape index (κ3) is 4.12. The van der Waals surface area contributed by atoms with E-state index in [9.17, 15) is 0 Å². The van der Waals surface area contributed by atoms with Crippen molar-refractivity contribution in [2.75, 3.05) is 12.4 Å². The second-order valence-electron chi connectivity index (χ2n) is 6.48. The molecular weight excluding hydrogens is 346 g/mol. The summed E-state index contributed by atoms with van der Waals surface area (Å²) in [5.41, 5.74) is 1.29. The molecule has 136 valence electrons. The van der Waals surface area contributed by atoms with E-state index in [-0.39, 0.29) is 0 Å². The van der Waals surface area contributed by atoms with Crippen molar-refractivity contribution in [2.24, 2.45) is 0 Å². The molecule has 0 N–H and O–H groups in total. The molecule has 1 aromatic carbocycles. The smallest absolute Gasteiger partial charge is 0.191 e. The molecule has 6 heteroatoms. The maximum Gasteiger partial charge on any atom is 0.191 e. The quantitative estimate of drug-likeness (QED) is 0.410. The highest BCUT2D eigenvalue weighted by Crippen LogP contribution is 2.40. The van der Waals surface area contributed by atoms with Crippen molar-refractivity contribution >= 4 is 11.8 Å². The first-order valence-electron chi connectivity index (χ1n) is 9.13. The van der Waals surface area contributed by atoms with Crippen molar-refractivity contribution < 1.29 is 9.15 Å². The van der Waals surface area contributed by atoms with Crippen LogP contribution in [0.15, 0.2) is 52.2 Å². The third-order valence-corrected chi connectivity index (χ3v) is 5.40. The Balaban J connectivity index is 1.37. The van der Waals surface area contributed by atoms with E-state index in [2.05, 4.69) is 33.8 Å². The van der Waals surface area contributed by atoms with E-state index in [0.29, 0.717) is 19.1 Å². The van der Waals surface area contributed by atoms with Crippen molar-refractivity contribution in [1.82, 2.24) is 14.8 Å². The zero-order chi connectivity index (χ0) is 17.8. The number of rotatable bonds is 9.